The van der Waals surface area contributed by atoms with Crippen LogP contribution in [0.3, 0.4) is 0 Å². The number of esters is 2. The summed E-state index contributed by atoms with van der Waals surface area (Å²) >= 11 is 11.8. The second-order valence-electron chi connectivity index (χ2n) is 8.26. The summed E-state index contributed by atoms with van der Waals surface area (Å²) in [6.45, 7) is 0. The van der Waals surface area contributed by atoms with Gasteiger partial charge < -0.3 is 19.9 Å². The third kappa shape index (κ3) is 8.13. The molecule has 0 spiro atoms. The number of carbonyl (C=O) groups is 4. The number of hydrogen-bond acceptors (Lipinski definition) is 6. The van der Waals surface area contributed by atoms with Crippen LogP contribution in [-0.2, 0) is 31.4 Å². The molecule has 0 heterocycles. The quantitative estimate of drug-likeness (QED) is 0.214. The number of halogens is 8. The van der Waals surface area contributed by atoms with E-state index in [2.05, 4.69) is 5.32 Å². The molecule has 1 amide bonds. The van der Waals surface area contributed by atoms with Crippen molar-refractivity contribution in [1.29, 1.82) is 0 Å². The van der Waals surface area contributed by atoms with E-state index in [9.17, 15) is 50.6 Å². The number of nitrogens with one attached hydrogen (secondary N) is 1. The zero-order valence-corrected chi connectivity index (χ0v) is 21.9. The Hall–Kier alpha value is -4.30. The molecule has 0 saturated heterocycles. The molecular weight excluding hydrogens is 623 g/mol. The standard InChI is InChI=1S/C26H15Cl2F6NO7/c27-16-7-8-18(17(28)11-16)35-21(36)19(41-23(39)12-3-1-5-14(9-12)25(29,30)31)20(22(37)38)42-24(40)13-4-2-6-15(10-13)26(32,33)34/h1-11,19-20H,(H,35,36)(H,37,38)/t19-,20-/m0/s1. The smallest absolute Gasteiger partial charge is 0.416 e. The molecule has 42 heavy (non-hydrogen) atoms. The van der Waals surface area contributed by atoms with Gasteiger partial charge in [0.2, 0.25) is 12.2 Å². The van der Waals surface area contributed by atoms with Gasteiger partial charge in [0.05, 0.1) is 33.0 Å². The summed E-state index contributed by atoms with van der Waals surface area (Å²) in [5, 5.41) is 11.8. The van der Waals surface area contributed by atoms with Crippen molar-refractivity contribution < 1.29 is 60.1 Å². The summed E-state index contributed by atoms with van der Waals surface area (Å²) < 4.78 is 88.3. The highest BCUT2D eigenvalue weighted by Crippen LogP contribution is 2.31. The van der Waals surface area contributed by atoms with Gasteiger partial charge >= 0.3 is 30.3 Å². The largest absolute Gasteiger partial charge is 0.478 e. The van der Waals surface area contributed by atoms with Gasteiger partial charge in [0.1, 0.15) is 0 Å². The predicted octanol–water partition coefficient (Wildman–Crippen LogP) is 6.51. The van der Waals surface area contributed by atoms with Crippen LogP contribution < -0.4 is 5.32 Å². The fourth-order valence-electron chi connectivity index (χ4n) is 3.30. The molecule has 0 fully saturated rings. The number of hydrogen-bond donors (Lipinski definition) is 2. The van der Waals surface area contributed by atoms with Crippen molar-refractivity contribution in [2.75, 3.05) is 5.32 Å². The Morgan fingerprint density at radius 1 is 0.714 bits per heavy atom. The van der Waals surface area contributed by atoms with E-state index in [-0.39, 0.29) is 15.7 Å². The van der Waals surface area contributed by atoms with E-state index in [0.29, 0.717) is 24.3 Å². The van der Waals surface area contributed by atoms with Crippen molar-refractivity contribution >= 4 is 52.7 Å². The van der Waals surface area contributed by atoms with Crippen molar-refractivity contribution in [2.24, 2.45) is 0 Å². The van der Waals surface area contributed by atoms with Gasteiger partial charge in [-0.05, 0) is 54.6 Å². The lowest BCUT2D eigenvalue weighted by Gasteiger charge is -2.24. The zero-order chi connectivity index (χ0) is 31.4. The van der Waals surface area contributed by atoms with Crippen molar-refractivity contribution in [2.45, 2.75) is 24.6 Å². The Balaban J connectivity index is 1.99. The molecule has 0 aromatic heterocycles. The van der Waals surface area contributed by atoms with E-state index in [1.807, 2.05) is 0 Å². The molecule has 0 aliphatic carbocycles. The third-order valence-electron chi connectivity index (χ3n) is 5.28. The highest BCUT2D eigenvalue weighted by Gasteiger charge is 2.42. The molecule has 0 bridgehead atoms. The van der Waals surface area contributed by atoms with E-state index in [1.54, 1.807) is 0 Å². The lowest BCUT2D eigenvalue weighted by atomic mass is 10.1. The van der Waals surface area contributed by atoms with Crippen molar-refractivity contribution in [1.82, 2.24) is 0 Å². The molecule has 0 saturated carbocycles. The zero-order valence-electron chi connectivity index (χ0n) is 20.4. The van der Waals surface area contributed by atoms with Crippen LogP contribution in [0.5, 0.6) is 0 Å². The molecule has 0 aliphatic rings. The van der Waals surface area contributed by atoms with Crippen LogP contribution in [0.2, 0.25) is 10.0 Å². The highest BCUT2D eigenvalue weighted by atomic mass is 35.5. The van der Waals surface area contributed by atoms with Gasteiger partial charge in [0.25, 0.3) is 5.91 Å². The number of carboxylic acid groups (broad SMARTS) is 1. The summed E-state index contributed by atoms with van der Waals surface area (Å²) in [5.41, 5.74) is -4.30. The average molecular weight is 638 g/mol. The molecule has 2 N–H and O–H groups in total. The van der Waals surface area contributed by atoms with Crippen LogP contribution in [0, 0.1) is 0 Å². The summed E-state index contributed by atoms with van der Waals surface area (Å²) in [6, 6.07) is 8.93. The van der Waals surface area contributed by atoms with Gasteiger partial charge in [-0.25, -0.2) is 14.4 Å². The number of ether oxygens (including phenoxy) is 2. The van der Waals surface area contributed by atoms with Crippen molar-refractivity contribution in [3.8, 4) is 0 Å². The molecule has 8 nitrogen and oxygen atoms in total. The van der Waals surface area contributed by atoms with E-state index in [1.165, 1.54) is 18.2 Å². The van der Waals surface area contributed by atoms with Gasteiger partial charge in [0, 0.05) is 5.02 Å². The fourth-order valence-corrected chi connectivity index (χ4v) is 3.76. The Bertz CT molecular complexity index is 1530. The molecule has 3 aromatic rings. The molecule has 2 atom stereocenters. The van der Waals surface area contributed by atoms with Crippen LogP contribution in [0.25, 0.3) is 0 Å². The Morgan fingerprint density at radius 3 is 1.62 bits per heavy atom. The van der Waals surface area contributed by atoms with E-state index in [4.69, 9.17) is 32.7 Å². The molecule has 3 aromatic carbocycles. The molecule has 0 aliphatic heterocycles. The van der Waals surface area contributed by atoms with Gasteiger partial charge in [-0.2, -0.15) is 26.3 Å². The van der Waals surface area contributed by atoms with Crippen molar-refractivity contribution in [3.63, 3.8) is 0 Å². The molecular formula is C26H15Cl2F6NO7. The maximum absolute atomic E-state index is 13.1. The summed E-state index contributed by atoms with van der Waals surface area (Å²) in [5.74, 6) is -6.88. The monoisotopic (exact) mass is 637 g/mol. The maximum Gasteiger partial charge on any atom is 0.416 e. The Morgan fingerprint density at radius 2 is 1.19 bits per heavy atom. The number of amides is 1. The normalized spacial score (nSPS) is 13.0. The molecule has 3 rings (SSSR count). The van der Waals surface area contributed by atoms with Gasteiger partial charge in [-0.1, -0.05) is 35.3 Å². The average Bonchev–Trinajstić information content (AvgIpc) is 2.91. The van der Waals surface area contributed by atoms with Crippen molar-refractivity contribution in [3.05, 3.63) is 99.0 Å². The highest BCUT2D eigenvalue weighted by molar-refractivity contribution is 6.36. The number of rotatable bonds is 8. The second-order valence-corrected chi connectivity index (χ2v) is 9.10. The van der Waals surface area contributed by atoms with Crippen LogP contribution in [-0.4, -0.2) is 41.1 Å². The fraction of sp³-hybridized carbons (Fsp3) is 0.154. The SMILES string of the molecule is O=C(O[C@H](C(=O)O)[C@H](OC(=O)c1cccc(C(F)(F)F)c1)C(=O)Nc1ccc(Cl)cc1Cl)c1cccc(C(F)(F)F)c1. The minimum Gasteiger partial charge on any atom is -0.478 e. The van der Waals surface area contributed by atoms with Crippen LogP contribution >= 0.6 is 23.2 Å². The molecule has 222 valence electrons. The summed E-state index contributed by atoms with van der Waals surface area (Å²) in [4.78, 5) is 50.6. The van der Waals surface area contributed by atoms with E-state index < -0.39 is 70.6 Å². The van der Waals surface area contributed by atoms with Gasteiger partial charge in [-0.3, -0.25) is 4.79 Å². The second kappa shape index (κ2) is 12.7. The maximum atomic E-state index is 13.1. The first-order valence-electron chi connectivity index (χ1n) is 11.2. The van der Waals surface area contributed by atoms with E-state index in [0.717, 1.165) is 24.3 Å². The summed E-state index contributed by atoms with van der Waals surface area (Å²) in [6.07, 6.45) is -15.1. The van der Waals surface area contributed by atoms with Crippen LogP contribution in [0.15, 0.2) is 66.7 Å². The predicted molar refractivity (Wildman–Crippen MR) is 134 cm³/mol. The number of carboxylic acids is 1. The Labute approximate surface area is 241 Å². The molecule has 0 unspecified atom stereocenters. The number of anilines is 1. The first-order valence-corrected chi connectivity index (χ1v) is 12.0. The number of carbonyl (C=O) groups excluding carboxylic acids is 3. The minimum absolute atomic E-state index is 0.129. The van der Waals surface area contributed by atoms with Crippen LogP contribution in [0.1, 0.15) is 31.8 Å². The van der Waals surface area contributed by atoms with Gasteiger partial charge in [0.15, 0.2) is 0 Å². The number of aliphatic carboxylic acids is 1. The lowest BCUT2D eigenvalue weighted by molar-refractivity contribution is -0.157. The number of alkyl halides is 6. The third-order valence-corrected chi connectivity index (χ3v) is 5.83. The molecule has 0 radical (unpaired) electrons. The van der Waals surface area contributed by atoms with Crippen LogP contribution in [0.4, 0.5) is 32.0 Å². The minimum atomic E-state index is -4.89. The first-order chi connectivity index (χ1) is 19.5. The number of benzene rings is 3. The topological polar surface area (TPSA) is 119 Å². The molecule has 16 heteroatoms. The lowest BCUT2D eigenvalue weighted by Crippen LogP contribution is -2.48. The van der Waals surface area contributed by atoms with E-state index >= 15 is 0 Å². The van der Waals surface area contributed by atoms with Gasteiger partial charge in [-0.15, -0.1) is 0 Å². The Kier molecular flexibility index (Phi) is 9.74. The summed E-state index contributed by atoms with van der Waals surface area (Å²) in [7, 11) is 0. The first kappa shape index (κ1) is 32.2.